The van der Waals surface area contributed by atoms with E-state index in [9.17, 15) is 4.79 Å². The van der Waals surface area contributed by atoms with Crippen molar-refractivity contribution in [2.24, 2.45) is 0 Å². The van der Waals surface area contributed by atoms with Crippen LogP contribution in [0.1, 0.15) is 34.6 Å². The second kappa shape index (κ2) is 5.29. The summed E-state index contributed by atoms with van der Waals surface area (Å²) < 4.78 is 12.7. The maximum Gasteiger partial charge on any atom is 0.328 e. The number of methoxy groups -OCH3 is 1. The normalized spacial score (nSPS) is 18.2. The van der Waals surface area contributed by atoms with Crippen molar-refractivity contribution in [3.05, 3.63) is 0 Å². The highest BCUT2D eigenvalue weighted by Gasteiger charge is 2.44. The number of rotatable bonds is 4. The summed E-state index contributed by atoms with van der Waals surface area (Å²) >= 11 is 0. The highest BCUT2D eigenvalue weighted by molar-refractivity contribution is 6.07. The lowest BCUT2D eigenvalue weighted by Gasteiger charge is -2.41. The first-order valence-corrected chi connectivity index (χ1v) is 6.38. The molecule has 0 aromatic rings. The number of carbonyl (C=O) groups excluding carboxylic acids is 1. The fraction of sp³-hybridized carbons (Fsp3) is 0.909. The van der Waals surface area contributed by atoms with Gasteiger partial charge in [0.25, 0.3) is 0 Å². The monoisotopic (exact) mass is 247 g/mol. The number of likely N-dealkylation sites (N-methyl/N-ethyl adjacent to an activating group) is 1. The van der Waals surface area contributed by atoms with E-state index in [1.165, 1.54) is 7.11 Å². The van der Waals surface area contributed by atoms with Crippen LogP contribution in [0.3, 0.4) is 0 Å². The van der Waals surface area contributed by atoms with Crippen molar-refractivity contribution in [1.82, 2.24) is 4.57 Å². The molecule has 0 rings (SSSR count). The lowest BCUT2D eigenvalue weighted by atomic mass is 9.95. The van der Waals surface area contributed by atoms with Gasteiger partial charge in [0.15, 0.2) is 0 Å². The smallest absolute Gasteiger partial charge is 0.328 e. The molecule has 4 nitrogen and oxygen atoms in total. The molecular weight excluding hydrogens is 222 g/mol. The molecule has 0 aliphatic carbocycles. The molecule has 0 aliphatic heterocycles. The molecule has 0 aromatic heterocycles. The zero-order valence-corrected chi connectivity index (χ0v) is 13.7. The van der Waals surface area contributed by atoms with Gasteiger partial charge in [-0.05, 0) is 41.7 Å². The average molecular weight is 247 g/mol. The summed E-state index contributed by atoms with van der Waals surface area (Å²) in [6.07, 6.45) is -0.220. The summed E-state index contributed by atoms with van der Waals surface area (Å²) in [6, 6.07) is 0. The first-order valence-electron chi connectivity index (χ1n) is 5.49. The van der Waals surface area contributed by atoms with E-state index >= 15 is 0 Å². The predicted molar refractivity (Wildman–Crippen MR) is 68.4 cm³/mol. The van der Waals surface area contributed by atoms with Crippen molar-refractivity contribution >= 4 is 16.4 Å². The van der Waals surface area contributed by atoms with Gasteiger partial charge in [-0.2, -0.15) is 0 Å². The van der Waals surface area contributed by atoms with Gasteiger partial charge in [0.1, 0.15) is 5.54 Å². The topological polar surface area (TPSA) is 38.8 Å². The minimum atomic E-state index is -0.714. The molecule has 96 valence electrons. The fourth-order valence-corrected chi connectivity index (χ4v) is 2.11. The third kappa shape index (κ3) is 3.57. The number of esters is 1. The number of nitrogens with zero attached hydrogens (tertiary/aromatic N) is 1. The van der Waals surface area contributed by atoms with E-state index in [2.05, 4.69) is 0 Å². The van der Waals surface area contributed by atoms with E-state index in [4.69, 9.17) is 9.47 Å². The van der Waals surface area contributed by atoms with Crippen molar-refractivity contribution in [2.45, 2.75) is 51.9 Å². The molecule has 0 saturated carbocycles. The molecule has 0 radical (unpaired) electrons. The van der Waals surface area contributed by atoms with Crippen molar-refractivity contribution in [2.75, 3.05) is 14.2 Å². The molecule has 2 atom stereocenters. The zero-order chi connectivity index (χ0) is 13.1. The van der Waals surface area contributed by atoms with E-state index < -0.39 is 5.54 Å². The van der Waals surface area contributed by atoms with Gasteiger partial charge in [0.05, 0.1) is 29.2 Å². The number of ether oxygens (including phenoxy) is 2. The Bertz CT molecular complexity index is 250. The third-order valence-electron chi connectivity index (χ3n) is 2.85. The van der Waals surface area contributed by atoms with Gasteiger partial charge in [-0.1, -0.05) is 0 Å². The highest BCUT2D eigenvalue weighted by atomic mass is 28.2. The van der Waals surface area contributed by atoms with E-state index in [1.807, 2.05) is 46.2 Å². The van der Waals surface area contributed by atoms with Crippen molar-refractivity contribution < 1.29 is 14.3 Å². The number of hydrogen-bond donors (Lipinski definition) is 0. The van der Waals surface area contributed by atoms with Crippen LogP contribution >= 0.6 is 0 Å². The highest BCUT2D eigenvalue weighted by Crippen LogP contribution is 2.24. The van der Waals surface area contributed by atoms with E-state index in [-0.39, 0.29) is 17.7 Å². The first-order chi connectivity index (χ1) is 7.05. The van der Waals surface area contributed by atoms with E-state index in [1.54, 1.807) is 0 Å². The molecule has 0 heterocycles. The second-order valence-corrected chi connectivity index (χ2v) is 6.75. The van der Waals surface area contributed by atoms with Gasteiger partial charge in [0.2, 0.25) is 0 Å². The Labute approximate surface area is 102 Å². The molecule has 0 spiro atoms. The van der Waals surface area contributed by atoms with Crippen molar-refractivity contribution in [3.8, 4) is 0 Å². The van der Waals surface area contributed by atoms with Gasteiger partial charge in [-0.25, -0.2) is 4.79 Å². The first kappa shape index (κ1) is 15.6. The predicted octanol–water partition coefficient (Wildman–Crippen LogP) is 0.334. The van der Waals surface area contributed by atoms with Gasteiger partial charge in [0, 0.05) is 0 Å². The van der Waals surface area contributed by atoms with Gasteiger partial charge < -0.3 is 14.0 Å². The van der Waals surface area contributed by atoms with E-state index in [0.29, 0.717) is 0 Å². The van der Waals surface area contributed by atoms with Crippen LogP contribution in [0.5, 0.6) is 0 Å². The molecule has 0 aliphatic rings. The lowest BCUT2D eigenvalue weighted by molar-refractivity contribution is -0.166. The summed E-state index contributed by atoms with van der Waals surface area (Å²) in [5.74, 6) is -0.248. The quantitative estimate of drug-likeness (QED) is 0.530. The molecule has 16 heavy (non-hydrogen) atoms. The van der Waals surface area contributed by atoms with Crippen LogP contribution in [-0.2, 0) is 14.3 Å². The average Bonchev–Trinajstić information content (AvgIpc) is 2.11. The summed E-state index contributed by atoms with van der Waals surface area (Å²) in [6.45, 7) is 9.72. The Morgan fingerprint density at radius 1 is 1.31 bits per heavy atom. The summed E-state index contributed by atoms with van der Waals surface area (Å²) in [4.78, 5) is 11.9. The third-order valence-corrected chi connectivity index (χ3v) is 3.78. The fourth-order valence-electron chi connectivity index (χ4n) is 1.56. The maximum atomic E-state index is 11.9. The minimum Gasteiger partial charge on any atom is -0.468 e. The molecule has 0 aromatic carbocycles. The van der Waals surface area contributed by atoms with Crippen molar-refractivity contribution in [1.29, 1.82) is 0 Å². The molecule has 0 fully saturated rings. The Morgan fingerprint density at radius 3 is 2.00 bits per heavy atom. The molecule has 0 bridgehead atoms. The van der Waals surface area contributed by atoms with Crippen molar-refractivity contribution in [3.63, 3.8) is 0 Å². The zero-order valence-electron chi connectivity index (χ0n) is 11.7. The molecule has 0 unspecified atom stereocenters. The Balaban J connectivity index is 4.99. The van der Waals surface area contributed by atoms with Crippen LogP contribution in [0.15, 0.2) is 0 Å². The van der Waals surface area contributed by atoms with Crippen LogP contribution in [0.25, 0.3) is 0 Å². The Hall–Kier alpha value is -0.393. The van der Waals surface area contributed by atoms with Crippen LogP contribution in [0.2, 0.25) is 0 Å². The molecule has 0 N–H and O–H groups in total. The van der Waals surface area contributed by atoms with Crippen LogP contribution in [-0.4, -0.2) is 52.3 Å². The number of carbonyl (C=O) groups is 1. The maximum absolute atomic E-state index is 11.9. The standard InChI is InChI=1S/C11H25NO3Si/c1-8(15-10(2,3)4)11(5,12(6)16)9(13)14-7/h8H,1-7,16H3/t8-,11+/m1/s1. The van der Waals surface area contributed by atoms with Gasteiger partial charge in [-0.15, -0.1) is 0 Å². The van der Waals surface area contributed by atoms with Gasteiger partial charge in [-0.3, -0.25) is 0 Å². The summed E-state index contributed by atoms with van der Waals surface area (Å²) in [7, 11) is 4.09. The minimum absolute atomic E-state index is 0.220. The molecule has 0 saturated heterocycles. The second-order valence-electron chi connectivity index (χ2n) is 5.41. The van der Waals surface area contributed by atoms with Crippen LogP contribution in [0.4, 0.5) is 0 Å². The van der Waals surface area contributed by atoms with Gasteiger partial charge >= 0.3 is 5.97 Å². The molecular formula is C11H25NO3Si. The largest absolute Gasteiger partial charge is 0.468 e. The van der Waals surface area contributed by atoms with E-state index in [0.717, 1.165) is 10.4 Å². The van der Waals surface area contributed by atoms with Crippen LogP contribution < -0.4 is 0 Å². The lowest BCUT2D eigenvalue weighted by Crippen LogP contribution is -2.59. The Kier molecular flexibility index (Phi) is 5.16. The molecule has 0 amide bonds. The summed E-state index contributed by atoms with van der Waals surface area (Å²) in [5, 5.41) is 0. The number of hydrogen-bond acceptors (Lipinski definition) is 4. The van der Waals surface area contributed by atoms with Crippen LogP contribution in [0, 0.1) is 0 Å². The Morgan fingerprint density at radius 2 is 1.75 bits per heavy atom. The summed E-state index contributed by atoms with van der Waals surface area (Å²) in [5.41, 5.74) is -0.986. The SMILES string of the molecule is COC(=O)[C@](C)([C@@H](C)OC(C)(C)C)N(C)[SiH3]. The molecule has 5 heteroatoms.